The van der Waals surface area contributed by atoms with Crippen molar-refractivity contribution in [3.63, 3.8) is 0 Å². The third-order valence-corrected chi connectivity index (χ3v) is 10.0. The molecule has 0 spiro atoms. The molecule has 0 saturated carbocycles. The number of carbonyl (C=O) groups excluding carboxylic acids is 2. The summed E-state index contributed by atoms with van der Waals surface area (Å²) < 4.78 is 33.9. The van der Waals surface area contributed by atoms with Crippen LogP contribution in [-0.2, 0) is 22.6 Å². The molecule has 286 valence electrons. The summed E-state index contributed by atoms with van der Waals surface area (Å²) in [7, 11) is 9.47. The first-order valence-corrected chi connectivity index (χ1v) is 17.8. The molecule has 1 heterocycles. The number of piperazine rings is 1. The summed E-state index contributed by atoms with van der Waals surface area (Å²) in [5.41, 5.74) is 4.01. The normalized spacial score (nSPS) is 16.0. The summed E-state index contributed by atoms with van der Waals surface area (Å²) in [6.07, 6.45) is 1.13. The first kappa shape index (κ1) is 39.0. The van der Waals surface area contributed by atoms with Crippen molar-refractivity contribution < 1.29 is 38.0 Å². The highest BCUT2D eigenvalue weighted by atomic mass is 16.5. The Bertz CT molecular complexity index is 1870. The highest BCUT2D eigenvalue weighted by Gasteiger charge is 2.32. The fourth-order valence-electron chi connectivity index (χ4n) is 7.36. The van der Waals surface area contributed by atoms with Crippen molar-refractivity contribution in [1.82, 2.24) is 15.1 Å². The largest absolute Gasteiger partial charge is 0.493 e. The third kappa shape index (κ3) is 8.09. The maximum absolute atomic E-state index is 14.1. The highest BCUT2D eigenvalue weighted by Crippen LogP contribution is 2.50. The Morgan fingerprint density at radius 1 is 0.792 bits per heavy atom. The Hall–Kier alpha value is -5.17. The molecule has 0 bridgehead atoms. The standard InChI is InChI=1S/C40H52N4O9/c1-23(2)35(40(47)44-18-16-43(17-19-44)22-26-11-15-32(48-4)37(51-7)36(26)50-6)42-30-14-12-27-28(21-31(30)46)29(41-24(3)45)13-10-25-20-33(49-5)38(52-8)39(53-9)34(25)27/h11-12,14-15,20-21,23,29,35H,10,13,16-19,22H2,1-9H3,(H,41,45)(H,42,46)/t29-,35-/m0/s1. The zero-order valence-electron chi connectivity index (χ0n) is 32.2. The molecule has 53 heavy (non-hydrogen) atoms. The smallest absolute Gasteiger partial charge is 0.245 e. The van der Waals surface area contributed by atoms with Gasteiger partial charge in [0.15, 0.2) is 23.0 Å². The molecule has 1 saturated heterocycles. The number of nitrogens with zero attached hydrogens (tertiary/aromatic N) is 2. The van der Waals surface area contributed by atoms with Crippen molar-refractivity contribution in [1.29, 1.82) is 0 Å². The number of nitrogens with one attached hydrogen (secondary N) is 2. The monoisotopic (exact) mass is 732 g/mol. The van der Waals surface area contributed by atoms with E-state index in [1.807, 2.05) is 43.0 Å². The Morgan fingerprint density at radius 2 is 1.43 bits per heavy atom. The molecule has 5 rings (SSSR count). The fourth-order valence-corrected chi connectivity index (χ4v) is 7.36. The molecule has 1 fully saturated rings. The Kier molecular flexibility index (Phi) is 12.6. The number of hydrogen-bond acceptors (Lipinski definition) is 11. The second-order valence-corrected chi connectivity index (χ2v) is 13.6. The third-order valence-electron chi connectivity index (χ3n) is 10.0. The number of methoxy groups -OCH3 is 6. The van der Waals surface area contributed by atoms with Crippen LogP contribution in [0.1, 0.15) is 49.9 Å². The van der Waals surface area contributed by atoms with Gasteiger partial charge in [-0.15, -0.1) is 0 Å². The molecular formula is C40H52N4O9. The minimum atomic E-state index is -0.653. The molecule has 2 N–H and O–H groups in total. The molecule has 3 aromatic carbocycles. The van der Waals surface area contributed by atoms with Crippen molar-refractivity contribution in [3.05, 3.63) is 63.3 Å². The van der Waals surface area contributed by atoms with E-state index in [1.54, 1.807) is 54.8 Å². The molecule has 2 amide bonds. The second-order valence-electron chi connectivity index (χ2n) is 13.6. The number of carbonyl (C=O) groups is 2. The minimum Gasteiger partial charge on any atom is -0.493 e. The average Bonchev–Trinajstić information content (AvgIpc) is 3.40. The van der Waals surface area contributed by atoms with E-state index in [0.29, 0.717) is 91.2 Å². The number of anilines is 1. The fraction of sp³-hybridized carbons (Fsp3) is 0.475. The first-order chi connectivity index (χ1) is 25.5. The van der Waals surface area contributed by atoms with Gasteiger partial charge in [0.1, 0.15) is 6.04 Å². The number of benzene rings is 2. The zero-order chi connectivity index (χ0) is 38.4. The van der Waals surface area contributed by atoms with Gasteiger partial charge in [0.2, 0.25) is 28.7 Å². The van der Waals surface area contributed by atoms with Crippen molar-refractivity contribution in [2.45, 2.75) is 52.2 Å². The van der Waals surface area contributed by atoms with Crippen LogP contribution in [0.15, 0.2) is 41.2 Å². The predicted octanol–water partition coefficient (Wildman–Crippen LogP) is 4.67. The zero-order valence-corrected chi connectivity index (χ0v) is 32.2. The Morgan fingerprint density at radius 3 is 2.02 bits per heavy atom. The molecule has 0 unspecified atom stereocenters. The number of aryl methyl sites for hydroxylation is 1. The van der Waals surface area contributed by atoms with E-state index in [2.05, 4.69) is 15.5 Å². The number of amides is 2. The lowest BCUT2D eigenvalue weighted by molar-refractivity contribution is -0.134. The lowest BCUT2D eigenvalue weighted by Crippen LogP contribution is -2.53. The van der Waals surface area contributed by atoms with E-state index < -0.39 is 12.1 Å². The molecular weight excluding hydrogens is 680 g/mol. The molecule has 2 aliphatic rings. The van der Waals surface area contributed by atoms with E-state index in [9.17, 15) is 14.4 Å². The molecule has 13 heteroatoms. The molecule has 0 radical (unpaired) electrons. The molecule has 0 aromatic heterocycles. The summed E-state index contributed by atoms with van der Waals surface area (Å²) in [6, 6.07) is 9.79. The molecule has 1 aliphatic carbocycles. The van der Waals surface area contributed by atoms with Crippen LogP contribution in [0.5, 0.6) is 34.5 Å². The maximum Gasteiger partial charge on any atom is 0.245 e. The van der Waals surface area contributed by atoms with E-state index >= 15 is 0 Å². The first-order valence-electron chi connectivity index (χ1n) is 17.8. The minimum absolute atomic E-state index is 0.0733. The van der Waals surface area contributed by atoms with Gasteiger partial charge in [0, 0.05) is 50.8 Å². The lowest BCUT2D eigenvalue weighted by atomic mass is 9.95. The van der Waals surface area contributed by atoms with Gasteiger partial charge >= 0.3 is 0 Å². The van der Waals surface area contributed by atoms with E-state index in [4.69, 9.17) is 28.4 Å². The van der Waals surface area contributed by atoms with Crippen LogP contribution in [0.3, 0.4) is 0 Å². The van der Waals surface area contributed by atoms with Crippen molar-refractivity contribution in [3.8, 4) is 45.6 Å². The van der Waals surface area contributed by atoms with Gasteiger partial charge in [0.25, 0.3) is 0 Å². The van der Waals surface area contributed by atoms with Gasteiger partial charge in [-0.05, 0) is 59.7 Å². The van der Waals surface area contributed by atoms with Crippen LogP contribution in [0.4, 0.5) is 5.69 Å². The summed E-state index contributed by atoms with van der Waals surface area (Å²) in [5, 5.41) is 6.36. The van der Waals surface area contributed by atoms with Crippen LogP contribution in [0.2, 0.25) is 0 Å². The Balaban J connectivity index is 1.42. The molecule has 3 aromatic rings. The second kappa shape index (κ2) is 17.1. The summed E-state index contributed by atoms with van der Waals surface area (Å²) in [5.74, 6) is 2.79. The topological polar surface area (TPSA) is 137 Å². The van der Waals surface area contributed by atoms with Crippen LogP contribution in [0.25, 0.3) is 11.1 Å². The van der Waals surface area contributed by atoms with Gasteiger partial charge in [-0.2, -0.15) is 0 Å². The number of rotatable bonds is 13. The summed E-state index contributed by atoms with van der Waals surface area (Å²) in [6.45, 7) is 8.39. The van der Waals surface area contributed by atoms with Crippen LogP contribution in [-0.4, -0.2) is 96.5 Å². The van der Waals surface area contributed by atoms with Crippen molar-refractivity contribution >= 4 is 17.5 Å². The van der Waals surface area contributed by atoms with Crippen LogP contribution >= 0.6 is 0 Å². The van der Waals surface area contributed by atoms with E-state index in [0.717, 1.165) is 16.7 Å². The van der Waals surface area contributed by atoms with E-state index in [-0.39, 0.29) is 28.8 Å². The van der Waals surface area contributed by atoms with Gasteiger partial charge in [0.05, 0.1) is 54.4 Å². The lowest BCUT2D eigenvalue weighted by Gasteiger charge is -2.37. The quantitative estimate of drug-likeness (QED) is 0.254. The average molecular weight is 733 g/mol. The number of fused-ring (bicyclic) bond motifs is 3. The summed E-state index contributed by atoms with van der Waals surface area (Å²) in [4.78, 5) is 44.6. The Labute approximate surface area is 311 Å². The van der Waals surface area contributed by atoms with Crippen molar-refractivity contribution in [2.75, 3.05) is 74.2 Å². The SMILES string of the molecule is COc1ccc(CN2CCN(C(=O)[C@@H](Nc3ccc4c(cc3=O)[C@@H](NC(C)=O)CCc3cc(OC)c(OC)c(OC)c3-4)C(C)C)CC2)c(OC)c1OC. The molecule has 1 aliphatic heterocycles. The highest BCUT2D eigenvalue weighted by molar-refractivity contribution is 5.86. The predicted molar refractivity (Wildman–Crippen MR) is 203 cm³/mol. The number of ether oxygens (including phenoxy) is 6. The summed E-state index contributed by atoms with van der Waals surface area (Å²) >= 11 is 0. The van der Waals surface area contributed by atoms with Crippen LogP contribution < -0.4 is 44.5 Å². The van der Waals surface area contributed by atoms with E-state index in [1.165, 1.54) is 6.92 Å². The molecule has 13 nitrogen and oxygen atoms in total. The number of hydrogen-bond donors (Lipinski definition) is 2. The van der Waals surface area contributed by atoms with Gasteiger partial charge in [-0.25, -0.2) is 0 Å². The van der Waals surface area contributed by atoms with Gasteiger partial charge in [-0.3, -0.25) is 19.3 Å². The van der Waals surface area contributed by atoms with Gasteiger partial charge in [-0.1, -0.05) is 26.0 Å². The van der Waals surface area contributed by atoms with Crippen LogP contribution in [0, 0.1) is 5.92 Å². The van der Waals surface area contributed by atoms with Gasteiger partial charge < -0.3 is 44.0 Å². The maximum atomic E-state index is 14.1. The van der Waals surface area contributed by atoms with Crippen molar-refractivity contribution in [2.24, 2.45) is 5.92 Å². The molecule has 2 atom stereocenters.